The maximum atomic E-state index is 13.0. The van der Waals surface area contributed by atoms with Crippen molar-refractivity contribution in [3.8, 4) is 0 Å². The Labute approximate surface area is 151 Å². The highest BCUT2D eigenvalue weighted by molar-refractivity contribution is 6.05. The molecule has 5 nitrogen and oxygen atoms in total. The van der Waals surface area contributed by atoms with Crippen molar-refractivity contribution in [2.45, 2.75) is 25.7 Å². The summed E-state index contributed by atoms with van der Waals surface area (Å²) < 4.78 is 13.0. The summed E-state index contributed by atoms with van der Waals surface area (Å²) in [6.07, 6.45) is 2.53. The molecular weight excluding hydrogens is 335 g/mol. The van der Waals surface area contributed by atoms with Crippen molar-refractivity contribution < 1.29 is 19.1 Å². The lowest BCUT2D eigenvalue weighted by atomic mass is 9.99. The van der Waals surface area contributed by atoms with Gasteiger partial charge in [-0.3, -0.25) is 9.59 Å². The van der Waals surface area contributed by atoms with E-state index in [1.165, 1.54) is 24.3 Å². The Morgan fingerprint density at radius 1 is 1.15 bits per heavy atom. The van der Waals surface area contributed by atoms with Crippen LogP contribution in [0.5, 0.6) is 0 Å². The van der Waals surface area contributed by atoms with Crippen molar-refractivity contribution in [2.24, 2.45) is 0 Å². The summed E-state index contributed by atoms with van der Waals surface area (Å²) in [6, 6.07) is 11.2. The summed E-state index contributed by atoms with van der Waals surface area (Å²) in [4.78, 5) is 25.3. The molecule has 0 spiro atoms. The van der Waals surface area contributed by atoms with Gasteiger partial charge in [0.1, 0.15) is 5.82 Å². The number of fused-ring (bicyclic) bond motifs is 1. The minimum Gasteiger partial charge on any atom is -0.481 e. The molecule has 1 aliphatic heterocycles. The quantitative estimate of drug-likeness (QED) is 0.828. The minimum absolute atomic E-state index is 0.146. The fourth-order valence-electron chi connectivity index (χ4n) is 3.27. The van der Waals surface area contributed by atoms with Crippen LogP contribution in [0.4, 0.5) is 15.8 Å². The van der Waals surface area contributed by atoms with Crippen LogP contribution in [0.25, 0.3) is 0 Å². The van der Waals surface area contributed by atoms with E-state index in [9.17, 15) is 14.0 Å². The van der Waals surface area contributed by atoms with Crippen LogP contribution >= 0.6 is 0 Å². The van der Waals surface area contributed by atoms with Crippen LogP contribution in [0.2, 0.25) is 0 Å². The third-order valence-electron chi connectivity index (χ3n) is 4.52. The number of nitrogens with zero attached hydrogens (tertiary/aromatic N) is 1. The van der Waals surface area contributed by atoms with Gasteiger partial charge in [-0.25, -0.2) is 4.39 Å². The number of benzene rings is 2. The number of hydrogen-bond acceptors (Lipinski definition) is 3. The molecule has 26 heavy (non-hydrogen) atoms. The van der Waals surface area contributed by atoms with Crippen molar-refractivity contribution in [2.75, 3.05) is 23.3 Å². The maximum Gasteiger partial charge on any atom is 0.303 e. The van der Waals surface area contributed by atoms with E-state index in [1.807, 2.05) is 18.2 Å². The van der Waals surface area contributed by atoms with Crippen molar-refractivity contribution >= 4 is 23.3 Å². The molecule has 0 unspecified atom stereocenters. The number of anilines is 2. The third kappa shape index (κ3) is 4.20. The second-order valence-electron chi connectivity index (χ2n) is 6.35. The Kier molecular flexibility index (Phi) is 5.51. The molecule has 2 N–H and O–H groups in total. The largest absolute Gasteiger partial charge is 0.481 e. The normalized spacial score (nSPS) is 13.2. The molecule has 3 rings (SSSR count). The third-order valence-corrected chi connectivity index (χ3v) is 4.52. The van der Waals surface area contributed by atoms with Crippen LogP contribution in [0.3, 0.4) is 0 Å². The Balaban J connectivity index is 1.76. The number of carboxylic acids is 1. The number of nitrogens with one attached hydrogen (secondary N) is 1. The Bertz CT molecular complexity index is 805. The minimum atomic E-state index is -0.789. The predicted octanol–water partition coefficient (Wildman–Crippen LogP) is 3.70. The molecule has 1 heterocycles. The van der Waals surface area contributed by atoms with Crippen molar-refractivity contribution in [1.82, 2.24) is 0 Å². The smallest absolute Gasteiger partial charge is 0.303 e. The lowest BCUT2D eigenvalue weighted by Crippen LogP contribution is -2.31. The topological polar surface area (TPSA) is 69.6 Å². The van der Waals surface area contributed by atoms with Gasteiger partial charge in [0.25, 0.3) is 5.91 Å². The van der Waals surface area contributed by atoms with Gasteiger partial charge in [-0.15, -0.1) is 0 Å². The van der Waals surface area contributed by atoms with Gasteiger partial charge in [0, 0.05) is 36.4 Å². The number of aliphatic carboxylic acids is 1. The summed E-state index contributed by atoms with van der Waals surface area (Å²) in [5.74, 6) is -1.44. The molecule has 1 aliphatic rings. The van der Waals surface area contributed by atoms with Crippen LogP contribution in [0.15, 0.2) is 42.5 Å². The highest BCUT2D eigenvalue weighted by Gasteiger charge is 2.20. The molecule has 0 aromatic heterocycles. The van der Waals surface area contributed by atoms with Crippen molar-refractivity contribution in [1.29, 1.82) is 0 Å². The predicted molar refractivity (Wildman–Crippen MR) is 98.2 cm³/mol. The van der Waals surface area contributed by atoms with Gasteiger partial charge < -0.3 is 15.3 Å². The first-order valence-corrected chi connectivity index (χ1v) is 8.70. The van der Waals surface area contributed by atoms with E-state index in [0.717, 1.165) is 36.3 Å². The summed E-state index contributed by atoms with van der Waals surface area (Å²) in [6.45, 7) is 1.55. The lowest BCUT2D eigenvalue weighted by Gasteiger charge is -2.32. The molecule has 136 valence electrons. The van der Waals surface area contributed by atoms with Crippen LogP contribution in [0, 0.1) is 5.82 Å². The average molecular weight is 356 g/mol. The number of carbonyl (C=O) groups excluding carboxylic acids is 1. The molecule has 0 saturated carbocycles. The van der Waals surface area contributed by atoms with Crippen LogP contribution in [-0.2, 0) is 11.2 Å². The first kappa shape index (κ1) is 17.9. The van der Waals surface area contributed by atoms with Crippen molar-refractivity contribution in [3.63, 3.8) is 0 Å². The molecule has 0 aliphatic carbocycles. The molecule has 2 aromatic carbocycles. The summed E-state index contributed by atoms with van der Waals surface area (Å²) >= 11 is 0. The molecule has 6 heteroatoms. The monoisotopic (exact) mass is 356 g/mol. The second kappa shape index (κ2) is 7.99. The first-order valence-electron chi connectivity index (χ1n) is 8.70. The Morgan fingerprint density at radius 2 is 1.92 bits per heavy atom. The van der Waals surface area contributed by atoms with Crippen LogP contribution in [0.1, 0.15) is 35.2 Å². The molecule has 2 aromatic rings. The summed E-state index contributed by atoms with van der Waals surface area (Å²) in [5, 5.41) is 11.7. The van der Waals surface area contributed by atoms with E-state index < -0.39 is 5.97 Å². The zero-order valence-electron chi connectivity index (χ0n) is 14.4. The SMILES string of the molecule is O=C(O)CCCN1CCCc2c(NC(=O)c3ccc(F)cc3)cccc21. The number of carboxylic acid groups (broad SMARTS) is 1. The van der Waals surface area contributed by atoms with Crippen LogP contribution < -0.4 is 10.2 Å². The molecule has 1 amide bonds. The van der Waals surface area contributed by atoms with E-state index in [1.54, 1.807) is 0 Å². The Morgan fingerprint density at radius 3 is 2.65 bits per heavy atom. The standard InChI is InChI=1S/C20H21FN2O3/c21-15-10-8-14(9-11-15)20(26)22-17-5-1-6-18-16(17)4-2-12-23(18)13-3-7-19(24)25/h1,5-6,8-11H,2-4,7,12-13H2,(H,22,26)(H,24,25). The van der Waals surface area contributed by atoms with Gasteiger partial charge in [0.15, 0.2) is 0 Å². The highest BCUT2D eigenvalue weighted by Crippen LogP contribution is 2.33. The number of rotatable bonds is 6. The highest BCUT2D eigenvalue weighted by atomic mass is 19.1. The van der Waals surface area contributed by atoms with Gasteiger partial charge in [-0.2, -0.15) is 0 Å². The van der Waals surface area contributed by atoms with Gasteiger partial charge in [-0.05, 0) is 61.2 Å². The number of halogens is 1. The second-order valence-corrected chi connectivity index (χ2v) is 6.35. The van der Waals surface area contributed by atoms with E-state index in [0.29, 0.717) is 18.5 Å². The van der Waals surface area contributed by atoms with Crippen LogP contribution in [-0.4, -0.2) is 30.1 Å². The average Bonchev–Trinajstić information content (AvgIpc) is 2.62. The van der Waals surface area contributed by atoms with Gasteiger partial charge in [-0.1, -0.05) is 6.07 Å². The maximum absolute atomic E-state index is 13.0. The lowest BCUT2D eigenvalue weighted by molar-refractivity contribution is -0.137. The summed E-state index contributed by atoms with van der Waals surface area (Å²) in [5.41, 5.74) is 3.25. The molecular formula is C20H21FN2O3. The molecule has 0 atom stereocenters. The molecule has 0 saturated heterocycles. The van der Waals surface area contributed by atoms with E-state index >= 15 is 0 Å². The van der Waals surface area contributed by atoms with Gasteiger partial charge in [0.05, 0.1) is 0 Å². The molecule has 0 bridgehead atoms. The number of amides is 1. The molecule has 0 radical (unpaired) electrons. The fraction of sp³-hybridized carbons (Fsp3) is 0.300. The molecule has 0 fully saturated rings. The summed E-state index contributed by atoms with van der Waals surface area (Å²) in [7, 11) is 0. The van der Waals surface area contributed by atoms with Gasteiger partial charge in [0.2, 0.25) is 0 Å². The Hall–Kier alpha value is -2.89. The van der Waals surface area contributed by atoms with Gasteiger partial charge >= 0.3 is 5.97 Å². The van der Waals surface area contributed by atoms with E-state index in [4.69, 9.17) is 5.11 Å². The first-order chi connectivity index (χ1) is 12.5. The number of carbonyl (C=O) groups is 2. The van der Waals surface area contributed by atoms with E-state index in [2.05, 4.69) is 10.2 Å². The fourth-order valence-corrected chi connectivity index (χ4v) is 3.27. The van der Waals surface area contributed by atoms with Crippen molar-refractivity contribution in [3.05, 3.63) is 59.4 Å². The van der Waals surface area contributed by atoms with E-state index in [-0.39, 0.29) is 18.1 Å². The zero-order valence-corrected chi connectivity index (χ0v) is 14.4. The number of hydrogen-bond donors (Lipinski definition) is 2. The zero-order chi connectivity index (χ0) is 18.5.